The van der Waals surface area contributed by atoms with Crippen molar-refractivity contribution in [2.75, 3.05) is 46.4 Å². The van der Waals surface area contributed by atoms with E-state index in [1.165, 1.54) is 12.8 Å². The van der Waals surface area contributed by atoms with E-state index in [9.17, 15) is 4.79 Å². The number of methoxy groups -OCH3 is 1. The number of hydrogen-bond acceptors (Lipinski definition) is 7. The Bertz CT molecular complexity index is 627. The van der Waals surface area contributed by atoms with Crippen LogP contribution >= 0.6 is 24.8 Å². The molecule has 30 heavy (non-hydrogen) atoms. The molecule has 8 nitrogen and oxygen atoms in total. The molecule has 3 rings (SSSR count). The Labute approximate surface area is 192 Å². The van der Waals surface area contributed by atoms with Crippen LogP contribution in [0.2, 0.25) is 0 Å². The molecule has 2 saturated heterocycles. The quantitative estimate of drug-likeness (QED) is 0.662. The second-order valence-corrected chi connectivity index (χ2v) is 8.20. The summed E-state index contributed by atoms with van der Waals surface area (Å²) in [5.74, 6) is 2.64. The van der Waals surface area contributed by atoms with Crippen LogP contribution in [0.5, 0.6) is 0 Å². The average molecular weight is 466 g/mol. The number of carbonyl (C=O) groups is 1. The lowest BCUT2D eigenvalue weighted by atomic mass is 9.84. The van der Waals surface area contributed by atoms with Gasteiger partial charge in [0.2, 0.25) is 11.8 Å². The maximum absolute atomic E-state index is 12.8. The minimum Gasteiger partial charge on any atom is -0.374 e. The van der Waals surface area contributed by atoms with Crippen molar-refractivity contribution in [3.05, 3.63) is 11.7 Å². The van der Waals surface area contributed by atoms with Crippen LogP contribution in [-0.2, 0) is 16.1 Å². The monoisotopic (exact) mass is 465 g/mol. The van der Waals surface area contributed by atoms with E-state index < -0.39 is 0 Å². The Kier molecular flexibility index (Phi) is 12.2. The van der Waals surface area contributed by atoms with Crippen LogP contribution in [-0.4, -0.2) is 72.2 Å². The largest absolute Gasteiger partial charge is 0.374 e. The van der Waals surface area contributed by atoms with Crippen LogP contribution in [0.15, 0.2) is 4.52 Å². The lowest BCUT2D eigenvalue weighted by Crippen LogP contribution is -2.37. The lowest BCUT2D eigenvalue weighted by Gasteiger charge is -2.30. The van der Waals surface area contributed by atoms with Crippen molar-refractivity contribution in [3.63, 3.8) is 0 Å². The van der Waals surface area contributed by atoms with Crippen LogP contribution in [0.1, 0.15) is 57.3 Å². The fourth-order valence-electron chi connectivity index (χ4n) is 4.16. The molecule has 2 fully saturated rings. The van der Waals surface area contributed by atoms with Crippen LogP contribution < -0.4 is 5.32 Å². The minimum absolute atomic E-state index is 0. The third-order valence-corrected chi connectivity index (χ3v) is 6.19. The van der Waals surface area contributed by atoms with Gasteiger partial charge < -0.3 is 19.5 Å². The van der Waals surface area contributed by atoms with Gasteiger partial charge in [0.25, 0.3) is 0 Å². The van der Waals surface area contributed by atoms with E-state index in [0.29, 0.717) is 42.4 Å². The van der Waals surface area contributed by atoms with Gasteiger partial charge in [-0.3, -0.25) is 9.69 Å². The standard InChI is InChI=1S/C20H35N5O3.2ClH/c1-15(17-5-7-21-8-6-17)13-19(26)25-10-4-9-24(11-12-25)14-18-22-20(23-28-18)16(2)27-3;;/h15-17,21H,4-14H2,1-3H3;2*1H. The fraction of sp³-hybridized carbons (Fsp3) is 0.850. The Balaban J connectivity index is 0.00000225. The number of ether oxygens (including phenoxy) is 1. The van der Waals surface area contributed by atoms with Crippen molar-refractivity contribution < 1.29 is 14.1 Å². The minimum atomic E-state index is -0.170. The van der Waals surface area contributed by atoms with Crippen LogP contribution in [0.3, 0.4) is 0 Å². The van der Waals surface area contributed by atoms with E-state index in [1.807, 2.05) is 11.8 Å². The second kappa shape index (κ2) is 13.5. The zero-order valence-electron chi connectivity index (χ0n) is 18.3. The zero-order chi connectivity index (χ0) is 19.9. The molecule has 1 aromatic heterocycles. The van der Waals surface area contributed by atoms with Crippen LogP contribution in [0.4, 0.5) is 0 Å². The van der Waals surface area contributed by atoms with Gasteiger partial charge >= 0.3 is 0 Å². The van der Waals surface area contributed by atoms with Gasteiger partial charge in [0.15, 0.2) is 5.82 Å². The first-order chi connectivity index (χ1) is 13.6. The van der Waals surface area contributed by atoms with E-state index >= 15 is 0 Å². The topological polar surface area (TPSA) is 83.7 Å². The Morgan fingerprint density at radius 2 is 1.93 bits per heavy atom. The van der Waals surface area contributed by atoms with Crippen molar-refractivity contribution >= 4 is 30.7 Å². The molecular weight excluding hydrogens is 429 g/mol. The Morgan fingerprint density at radius 1 is 1.20 bits per heavy atom. The van der Waals surface area contributed by atoms with E-state index in [0.717, 1.165) is 45.7 Å². The van der Waals surface area contributed by atoms with Crippen molar-refractivity contribution in [3.8, 4) is 0 Å². The smallest absolute Gasteiger partial charge is 0.240 e. The number of amides is 1. The van der Waals surface area contributed by atoms with E-state index in [1.54, 1.807) is 7.11 Å². The molecule has 10 heteroatoms. The number of piperidine rings is 1. The molecule has 0 aromatic carbocycles. The van der Waals surface area contributed by atoms with Gasteiger partial charge in [-0.05, 0) is 51.1 Å². The highest BCUT2D eigenvalue weighted by Crippen LogP contribution is 2.25. The normalized spacial score (nSPS) is 20.6. The SMILES string of the molecule is COC(C)c1noc(CN2CCCN(C(=O)CC(C)C3CCNCC3)CC2)n1.Cl.Cl. The number of nitrogens with one attached hydrogen (secondary N) is 1. The summed E-state index contributed by atoms with van der Waals surface area (Å²) in [6.45, 7) is 10.3. The molecular formula is C20H37Cl2N5O3. The van der Waals surface area contributed by atoms with E-state index in [4.69, 9.17) is 9.26 Å². The number of hydrogen-bond donors (Lipinski definition) is 1. The average Bonchev–Trinajstić information content (AvgIpc) is 3.05. The van der Waals surface area contributed by atoms with Crippen molar-refractivity contribution in [2.45, 2.75) is 52.2 Å². The lowest BCUT2D eigenvalue weighted by molar-refractivity contribution is -0.132. The maximum Gasteiger partial charge on any atom is 0.240 e. The molecule has 1 aromatic rings. The molecule has 3 heterocycles. The molecule has 0 bridgehead atoms. The van der Waals surface area contributed by atoms with Crippen LogP contribution in [0, 0.1) is 11.8 Å². The molecule has 1 N–H and O–H groups in total. The number of nitrogens with zero attached hydrogens (tertiary/aromatic N) is 4. The van der Waals surface area contributed by atoms with Crippen molar-refractivity contribution in [2.24, 2.45) is 11.8 Å². The molecule has 0 aliphatic carbocycles. The summed E-state index contributed by atoms with van der Waals surface area (Å²) in [5.41, 5.74) is 0. The van der Waals surface area contributed by atoms with Crippen molar-refractivity contribution in [1.82, 2.24) is 25.3 Å². The van der Waals surface area contributed by atoms with E-state index in [-0.39, 0.29) is 30.9 Å². The van der Waals surface area contributed by atoms with Gasteiger partial charge in [-0.2, -0.15) is 4.98 Å². The number of halogens is 2. The van der Waals surface area contributed by atoms with Gasteiger partial charge in [0.05, 0.1) is 6.54 Å². The number of aromatic nitrogens is 2. The predicted octanol–water partition coefficient (Wildman–Crippen LogP) is 2.68. The predicted molar refractivity (Wildman–Crippen MR) is 120 cm³/mol. The summed E-state index contributed by atoms with van der Waals surface area (Å²) in [6.07, 6.45) is 3.86. The van der Waals surface area contributed by atoms with Gasteiger partial charge in [-0.1, -0.05) is 12.1 Å². The zero-order valence-corrected chi connectivity index (χ0v) is 20.0. The number of carbonyl (C=O) groups excluding carboxylic acids is 1. The maximum atomic E-state index is 12.8. The first-order valence-electron chi connectivity index (χ1n) is 10.6. The summed E-state index contributed by atoms with van der Waals surface area (Å²) in [7, 11) is 1.63. The Morgan fingerprint density at radius 3 is 2.63 bits per heavy atom. The summed E-state index contributed by atoms with van der Waals surface area (Å²) in [4.78, 5) is 21.6. The number of rotatable bonds is 7. The van der Waals surface area contributed by atoms with Gasteiger partial charge in [0, 0.05) is 39.7 Å². The molecule has 2 atom stereocenters. The summed E-state index contributed by atoms with van der Waals surface area (Å²) >= 11 is 0. The highest BCUT2D eigenvalue weighted by molar-refractivity contribution is 5.85. The third kappa shape index (κ3) is 7.64. The molecule has 1 amide bonds. The van der Waals surface area contributed by atoms with Gasteiger partial charge in [-0.15, -0.1) is 24.8 Å². The highest BCUT2D eigenvalue weighted by Gasteiger charge is 2.26. The molecule has 0 radical (unpaired) electrons. The molecule has 0 saturated carbocycles. The summed E-state index contributed by atoms with van der Waals surface area (Å²) in [5, 5.41) is 7.39. The highest BCUT2D eigenvalue weighted by atomic mass is 35.5. The van der Waals surface area contributed by atoms with Gasteiger partial charge in [0.1, 0.15) is 6.10 Å². The Hall–Kier alpha value is -0.930. The summed E-state index contributed by atoms with van der Waals surface area (Å²) < 4.78 is 10.6. The molecule has 2 unspecified atom stereocenters. The third-order valence-electron chi connectivity index (χ3n) is 6.19. The summed E-state index contributed by atoms with van der Waals surface area (Å²) in [6, 6.07) is 0. The van der Waals surface area contributed by atoms with Crippen molar-refractivity contribution in [1.29, 1.82) is 0 Å². The first kappa shape index (κ1) is 27.1. The molecule has 2 aliphatic heterocycles. The molecule has 2 aliphatic rings. The molecule has 174 valence electrons. The fourth-order valence-corrected chi connectivity index (χ4v) is 4.16. The second-order valence-electron chi connectivity index (χ2n) is 8.20. The van der Waals surface area contributed by atoms with Crippen LogP contribution in [0.25, 0.3) is 0 Å². The molecule has 0 spiro atoms. The van der Waals surface area contributed by atoms with E-state index in [2.05, 4.69) is 27.3 Å². The van der Waals surface area contributed by atoms with Gasteiger partial charge in [-0.25, -0.2) is 0 Å². The first-order valence-corrected chi connectivity index (χ1v) is 10.6.